The van der Waals surface area contributed by atoms with Crippen LogP contribution in [-0.4, -0.2) is 5.91 Å². The van der Waals surface area contributed by atoms with E-state index in [2.05, 4.69) is 5.32 Å². The van der Waals surface area contributed by atoms with Crippen LogP contribution in [0.3, 0.4) is 0 Å². The van der Waals surface area contributed by atoms with E-state index >= 15 is 0 Å². The van der Waals surface area contributed by atoms with Crippen LogP contribution < -0.4 is 11.1 Å². The van der Waals surface area contributed by atoms with E-state index in [1.54, 1.807) is 42.5 Å². The largest absolute Gasteiger partial charge is 0.399 e. The van der Waals surface area contributed by atoms with Crippen LogP contribution in [0.2, 0.25) is 10.0 Å². The number of nitrogens with one attached hydrogen (secondary N) is 1. The Hall–Kier alpha value is -1.71. The normalized spacial score (nSPS) is 10.1. The number of hydrogen-bond donors (Lipinski definition) is 2. The summed E-state index contributed by atoms with van der Waals surface area (Å²) < 4.78 is 0. The molecule has 0 bridgehead atoms. The monoisotopic (exact) mass is 280 g/mol. The van der Waals surface area contributed by atoms with Gasteiger partial charge < -0.3 is 11.1 Å². The second-order valence-electron chi connectivity index (χ2n) is 3.74. The highest BCUT2D eigenvalue weighted by Crippen LogP contribution is 2.19. The van der Waals surface area contributed by atoms with Crippen molar-refractivity contribution < 1.29 is 4.79 Å². The van der Waals surface area contributed by atoms with Gasteiger partial charge in [-0.15, -0.1) is 0 Å². The van der Waals surface area contributed by atoms with Crippen LogP contribution in [0, 0.1) is 0 Å². The van der Waals surface area contributed by atoms with Crippen LogP contribution >= 0.6 is 23.2 Å². The Morgan fingerprint density at radius 1 is 1.06 bits per heavy atom. The first kappa shape index (κ1) is 12.7. The van der Waals surface area contributed by atoms with E-state index in [4.69, 9.17) is 28.9 Å². The topological polar surface area (TPSA) is 55.1 Å². The second kappa shape index (κ2) is 5.29. The molecular formula is C13H10Cl2N2O. The third-order valence-corrected chi connectivity index (χ3v) is 2.72. The molecular weight excluding hydrogens is 271 g/mol. The van der Waals surface area contributed by atoms with E-state index in [9.17, 15) is 4.79 Å². The first-order valence-corrected chi connectivity index (χ1v) is 5.93. The Morgan fingerprint density at radius 3 is 2.50 bits per heavy atom. The lowest BCUT2D eigenvalue weighted by Gasteiger charge is -2.06. The van der Waals surface area contributed by atoms with Gasteiger partial charge in [-0.05, 0) is 36.4 Å². The molecule has 0 aliphatic heterocycles. The fourth-order valence-corrected chi connectivity index (χ4v) is 1.95. The summed E-state index contributed by atoms with van der Waals surface area (Å²) in [5.41, 5.74) is 7.09. The lowest BCUT2D eigenvalue weighted by molar-refractivity contribution is 0.102. The second-order valence-corrected chi connectivity index (χ2v) is 4.61. The summed E-state index contributed by atoms with van der Waals surface area (Å²) in [5.74, 6) is -0.286. The fourth-order valence-electron chi connectivity index (χ4n) is 1.51. The van der Waals surface area contributed by atoms with Crippen LogP contribution in [0.25, 0.3) is 0 Å². The summed E-state index contributed by atoms with van der Waals surface area (Å²) in [6.45, 7) is 0. The molecule has 0 saturated carbocycles. The summed E-state index contributed by atoms with van der Waals surface area (Å²) in [5, 5.41) is 3.69. The molecule has 0 fully saturated rings. The van der Waals surface area contributed by atoms with Crippen molar-refractivity contribution in [3.05, 3.63) is 58.1 Å². The molecule has 0 aliphatic rings. The van der Waals surface area contributed by atoms with Crippen molar-refractivity contribution in [2.45, 2.75) is 0 Å². The van der Waals surface area contributed by atoms with E-state index in [1.807, 2.05) is 0 Å². The Kier molecular flexibility index (Phi) is 3.75. The minimum Gasteiger partial charge on any atom is -0.399 e. The summed E-state index contributed by atoms with van der Waals surface area (Å²) >= 11 is 11.7. The maximum Gasteiger partial charge on any atom is 0.255 e. The van der Waals surface area contributed by atoms with Crippen molar-refractivity contribution >= 4 is 40.5 Å². The van der Waals surface area contributed by atoms with Gasteiger partial charge in [0.2, 0.25) is 0 Å². The van der Waals surface area contributed by atoms with Crippen molar-refractivity contribution in [2.24, 2.45) is 0 Å². The van der Waals surface area contributed by atoms with Crippen LogP contribution in [0.4, 0.5) is 11.4 Å². The average Bonchev–Trinajstić information content (AvgIpc) is 2.27. The summed E-state index contributed by atoms with van der Waals surface area (Å²) in [6, 6.07) is 11.6. The van der Waals surface area contributed by atoms with Crippen molar-refractivity contribution in [3.63, 3.8) is 0 Å². The van der Waals surface area contributed by atoms with Gasteiger partial charge in [-0.3, -0.25) is 4.79 Å². The first-order chi connectivity index (χ1) is 8.54. The summed E-state index contributed by atoms with van der Waals surface area (Å²) in [6.07, 6.45) is 0. The summed E-state index contributed by atoms with van der Waals surface area (Å²) in [7, 11) is 0. The molecule has 3 nitrogen and oxygen atoms in total. The number of benzene rings is 2. The van der Waals surface area contributed by atoms with Gasteiger partial charge in [-0.25, -0.2) is 0 Å². The number of rotatable bonds is 2. The number of nitrogens with two attached hydrogens (primary N) is 1. The predicted molar refractivity (Wildman–Crippen MR) is 75.3 cm³/mol. The molecule has 0 heterocycles. The molecule has 18 heavy (non-hydrogen) atoms. The van der Waals surface area contributed by atoms with Crippen molar-refractivity contribution in [1.82, 2.24) is 0 Å². The average molecular weight is 281 g/mol. The molecule has 0 aromatic heterocycles. The van der Waals surface area contributed by atoms with Crippen LogP contribution in [0.15, 0.2) is 42.5 Å². The van der Waals surface area contributed by atoms with E-state index in [0.29, 0.717) is 27.0 Å². The van der Waals surface area contributed by atoms with Gasteiger partial charge in [0, 0.05) is 27.0 Å². The molecule has 0 unspecified atom stereocenters. The van der Waals surface area contributed by atoms with Gasteiger partial charge in [0.25, 0.3) is 5.91 Å². The molecule has 0 aliphatic carbocycles. The number of amides is 1. The van der Waals surface area contributed by atoms with E-state index in [0.717, 1.165) is 0 Å². The van der Waals surface area contributed by atoms with Gasteiger partial charge in [0.15, 0.2) is 0 Å². The molecule has 0 radical (unpaired) electrons. The zero-order chi connectivity index (χ0) is 13.1. The van der Waals surface area contributed by atoms with Gasteiger partial charge in [0.1, 0.15) is 0 Å². The van der Waals surface area contributed by atoms with Crippen molar-refractivity contribution in [3.8, 4) is 0 Å². The Morgan fingerprint density at radius 2 is 1.83 bits per heavy atom. The number of halogens is 2. The highest BCUT2D eigenvalue weighted by molar-refractivity contribution is 6.31. The number of nitrogen functional groups attached to an aromatic ring is 1. The number of carbonyl (C=O) groups is 1. The summed E-state index contributed by atoms with van der Waals surface area (Å²) in [4.78, 5) is 12.0. The van der Waals surface area contributed by atoms with E-state index < -0.39 is 0 Å². The first-order valence-electron chi connectivity index (χ1n) is 5.17. The number of carbonyl (C=O) groups excluding carboxylic acids is 1. The zero-order valence-corrected chi connectivity index (χ0v) is 10.8. The van der Waals surface area contributed by atoms with Gasteiger partial charge in [-0.1, -0.05) is 29.3 Å². The van der Waals surface area contributed by atoms with Crippen molar-refractivity contribution in [2.75, 3.05) is 11.1 Å². The smallest absolute Gasteiger partial charge is 0.255 e. The Labute approximate surface area is 115 Å². The fraction of sp³-hybridized carbons (Fsp3) is 0. The van der Waals surface area contributed by atoms with Gasteiger partial charge in [-0.2, -0.15) is 0 Å². The molecule has 0 spiro atoms. The van der Waals surface area contributed by atoms with Gasteiger partial charge >= 0.3 is 0 Å². The maximum atomic E-state index is 12.0. The molecule has 0 atom stereocenters. The Balaban J connectivity index is 2.22. The van der Waals surface area contributed by atoms with Crippen LogP contribution in [0.1, 0.15) is 10.4 Å². The standard InChI is InChI=1S/C13H10Cl2N2O/c14-9-2-1-3-12(7-9)17-13(18)8-4-10(15)6-11(16)5-8/h1-7H,16H2,(H,17,18). The minimum absolute atomic E-state index is 0.286. The molecule has 5 heteroatoms. The molecule has 1 amide bonds. The predicted octanol–water partition coefficient (Wildman–Crippen LogP) is 3.83. The molecule has 3 N–H and O–H groups in total. The highest BCUT2D eigenvalue weighted by atomic mass is 35.5. The molecule has 2 rings (SSSR count). The lowest BCUT2D eigenvalue weighted by Crippen LogP contribution is -2.12. The number of hydrogen-bond acceptors (Lipinski definition) is 2. The molecule has 0 saturated heterocycles. The van der Waals surface area contributed by atoms with E-state index in [1.165, 1.54) is 0 Å². The van der Waals surface area contributed by atoms with Gasteiger partial charge in [0.05, 0.1) is 0 Å². The number of anilines is 2. The van der Waals surface area contributed by atoms with E-state index in [-0.39, 0.29) is 5.91 Å². The third-order valence-electron chi connectivity index (χ3n) is 2.26. The molecule has 2 aromatic rings. The SMILES string of the molecule is Nc1cc(Cl)cc(C(=O)Nc2cccc(Cl)c2)c1. The highest BCUT2D eigenvalue weighted by Gasteiger charge is 2.08. The Bertz CT molecular complexity index is 579. The zero-order valence-electron chi connectivity index (χ0n) is 9.28. The molecule has 2 aromatic carbocycles. The maximum absolute atomic E-state index is 12.0. The molecule has 92 valence electrons. The quantitative estimate of drug-likeness (QED) is 0.822. The minimum atomic E-state index is -0.286. The van der Waals surface area contributed by atoms with Crippen LogP contribution in [-0.2, 0) is 0 Å². The van der Waals surface area contributed by atoms with Crippen LogP contribution in [0.5, 0.6) is 0 Å². The lowest BCUT2D eigenvalue weighted by atomic mass is 10.2. The van der Waals surface area contributed by atoms with Crippen molar-refractivity contribution in [1.29, 1.82) is 0 Å². The third kappa shape index (κ3) is 3.15.